The fourth-order valence-corrected chi connectivity index (χ4v) is 0.559. The molecule has 0 aromatic carbocycles. The molecular formula is C6H14O4. The summed E-state index contributed by atoms with van der Waals surface area (Å²) in [6.07, 6.45) is -0.308. The highest BCUT2D eigenvalue weighted by Crippen LogP contribution is 1.90. The van der Waals surface area contributed by atoms with Crippen molar-refractivity contribution in [2.45, 2.75) is 6.10 Å². The highest BCUT2D eigenvalue weighted by atomic mass is 16.5. The Morgan fingerprint density at radius 1 is 1.40 bits per heavy atom. The van der Waals surface area contributed by atoms with Gasteiger partial charge in [0.1, 0.15) is 6.10 Å². The van der Waals surface area contributed by atoms with Crippen LogP contribution in [-0.2, 0) is 9.47 Å². The maximum Gasteiger partial charge on any atom is 0.104 e. The quantitative estimate of drug-likeness (QED) is 0.510. The number of aliphatic hydroxyl groups is 2. The molecule has 0 radical (unpaired) electrons. The van der Waals surface area contributed by atoms with Gasteiger partial charge < -0.3 is 19.7 Å². The molecule has 62 valence electrons. The van der Waals surface area contributed by atoms with Crippen LogP contribution in [0.4, 0.5) is 0 Å². The number of hydrogen-bond donors (Lipinski definition) is 2. The van der Waals surface area contributed by atoms with Gasteiger partial charge in [-0.25, -0.2) is 0 Å². The molecule has 0 spiro atoms. The Kier molecular flexibility index (Phi) is 6.84. The van der Waals surface area contributed by atoms with Crippen molar-refractivity contribution < 1.29 is 19.7 Å². The zero-order chi connectivity index (χ0) is 7.82. The molecule has 1 atom stereocenters. The molecule has 0 heterocycles. The fourth-order valence-electron chi connectivity index (χ4n) is 0.559. The first-order valence-corrected chi connectivity index (χ1v) is 3.17. The Balaban J connectivity index is 3.21. The summed E-state index contributed by atoms with van der Waals surface area (Å²) in [6.45, 7) is 0.499. The lowest BCUT2D eigenvalue weighted by Crippen LogP contribution is -2.24. The van der Waals surface area contributed by atoms with Crippen LogP contribution in [0.5, 0.6) is 0 Å². The predicted octanol–water partition coefficient (Wildman–Crippen LogP) is -0.997. The van der Waals surface area contributed by atoms with Gasteiger partial charge in [0.2, 0.25) is 0 Å². The smallest absolute Gasteiger partial charge is 0.104 e. The Bertz CT molecular complexity index is 66.8. The van der Waals surface area contributed by atoms with E-state index >= 15 is 0 Å². The number of ether oxygens (including phenoxy) is 2. The van der Waals surface area contributed by atoms with Crippen LogP contribution in [0.15, 0.2) is 0 Å². The van der Waals surface area contributed by atoms with Gasteiger partial charge in [-0.1, -0.05) is 0 Å². The zero-order valence-electron chi connectivity index (χ0n) is 6.12. The third-order valence-electron chi connectivity index (χ3n) is 1.00. The fraction of sp³-hybridized carbons (Fsp3) is 1.00. The molecule has 4 nitrogen and oxygen atoms in total. The lowest BCUT2D eigenvalue weighted by atomic mass is 10.4. The van der Waals surface area contributed by atoms with Gasteiger partial charge in [0.05, 0.1) is 26.4 Å². The molecule has 0 fully saturated rings. The lowest BCUT2D eigenvalue weighted by Gasteiger charge is -2.12. The number of hydrogen-bond acceptors (Lipinski definition) is 4. The van der Waals surface area contributed by atoms with Crippen LogP contribution in [0.25, 0.3) is 0 Å². The molecule has 0 amide bonds. The predicted molar refractivity (Wildman–Crippen MR) is 35.8 cm³/mol. The highest BCUT2D eigenvalue weighted by Gasteiger charge is 2.04. The molecule has 0 unspecified atom stereocenters. The second-order valence-corrected chi connectivity index (χ2v) is 1.85. The topological polar surface area (TPSA) is 58.9 Å². The van der Waals surface area contributed by atoms with Crippen molar-refractivity contribution in [1.29, 1.82) is 0 Å². The van der Waals surface area contributed by atoms with E-state index < -0.39 is 0 Å². The molecule has 0 aliphatic carbocycles. The second kappa shape index (κ2) is 6.95. The molecule has 4 heteroatoms. The summed E-state index contributed by atoms with van der Waals surface area (Å²) in [7, 11) is 1.53. The van der Waals surface area contributed by atoms with Crippen LogP contribution in [0.2, 0.25) is 0 Å². The number of rotatable bonds is 6. The van der Waals surface area contributed by atoms with E-state index in [0.717, 1.165) is 0 Å². The summed E-state index contributed by atoms with van der Waals surface area (Å²) in [4.78, 5) is 0. The van der Waals surface area contributed by atoms with Crippen LogP contribution >= 0.6 is 0 Å². The van der Waals surface area contributed by atoms with Crippen molar-refractivity contribution in [3.63, 3.8) is 0 Å². The second-order valence-electron chi connectivity index (χ2n) is 1.85. The Labute approximate surface area is 60.4 Å². The molecule has 0 aromatic heterocycles. The van der Waals surface area contributed by atoms with E-state index in [-0.39, 0.29) is 25.9 Å². The summed E-state index contributed by atoms with van der Waals surface area (Å²) >= 11 is 0. The summed E-state index contributed by atoms with van der Waals surface area (Å²) in [5.74, 6) is 0. The minimum atomic E-state index is -0.308. The summed E-state index contributed by atoms with van der Waals surface area (Å²) in [6, 6.07) is 0. The summed E-state index contributed by atoms with van der Waals surface area (Å²) in [5, 5.41) is 16.9. The third-order valence-corrected chi connectivity index (χ3v) is 1.00. The van der Waals surface area contributed by atoms with Crippen LogP contribution in [0.1, 0.15) is 0 Å². The van der Waals surface area contributed by atoms with E-state index in [2.05, 4.69) is 0 Å². The van der Waals surface area contributed by atoms with Gasteiger partial charge in [-0.3, -0.25) is 0 Å². The van der Waals surface area contributed by atoms with Crippen LogP contribution < -0.4 is 0 Å². The van der Waals surface area contributed by atoms with Crippen molar-refractivity contribution in [1.82, 2.24) is 0 Å². The molecule has 2 N–H and O–H groups in total. The highest BCUT2D eigenvalue weighted by molar-refractivity contribution is 4.52. The van der Waals surface area contributed by atoms with Crippen LogP contribution in [0.3, 0.4) is 0 Å². The lowest BCUT2D eigenvalue weighted by molar-refractivity contribution is -0.0411. The van der Waals surface area contributed by atoms with Crippen molar-refractivity contribution >= 4 is 0 Å². The zero-order valence-corrected chi connectivity index (χ0v) is 6.12. The molecular weight excluding hydrogens is 136 g/mol. The molecule has 0 saturated carbocycles. The molecule has 0 saturated heterocycles. The van der Waals surface area contributed by atoms with E-state index in [1.54, 1.807) is 0 Å². The Morgan fingerprint density at radius 3 is 2.50 bits per heavy atom. The van der Waals surface area contributed by atoms with Crippen LogP contribution in [0, 0.1) is 0 Å². The molecule has 10 heavy (non-hydrogen) atoms. The average molecular weight is 150 g/mol. The SMILES string of the molecule is COC[C@H](CO)OCCO. The molecule has 0 rings (SSSR count). The van der Waals surface area contributed by atoms with Gasteiger partial charge in [-0.2, -0.15) is 0 Å². The maximum atomic E-state index is 8.60. The van der Waals surface area contributed by atoms with Gasteiger partial charge in [-0.15, -0.1) is 0 Å². The average Bonchev–Trinajstić information content (AvgIpc) is 1.98. The third kappa shape index (κ3) is 4.69. The summed E-state index contributed by atoms with van der Waals surface area (Å²) < 4.78 is 9.68. The first kappa shape index (κ1) is 9.84. The van der Waals surface area contributed by atoms with Crippen molar-refractivity contribution in [2.24, 2.45) is 0 Å². The van der Waals surface area contributed by atoms with Crippen molar-refractivity contribution in [2.75, 3.05) is 33.5 Å². The van der Waals surface area contributed by atoms with Gasteiger partial charge in [0.15, 0.2) is 0 Å². The van der Waals surface area contributed by atoms with Gasteiger partial charge in [0.25, 0.3) is 0 Å². The van der Waals surface area contributed by atoms with Gasteiger partial charge in [0, 0.05) is 7.11 Å². The molecule has 0 aromatic rings. The standard InChI is InChI=1S/C6H14O4/c1-9-5-6(4-8)10-3-2-7/h6-8H,2-5H2,1H3/t6-/m0/s1. The molecule has 0 aliphatic rings. The monoisotopic (exact) mass is 150 g/mol. The molecule has 0 bridgehead atoms. The number of aliphatic hydroxyl groups excluding tert-OH is 2. The normalized spacial score (nSPS) is 13.5. The maximum absolute atomic E-state index is 8.60. The van der Waals surface area contributed by atoms with Crippen LogP contribution in [-0.4, -0.2) is 49.9 Å². The van der Waals surface area contributed by atoms with E-state index in [9.17, 15) is 0 Å². The first-order chi connectivity index (χ1) is 4.85. The molecule has 0 aliphatic heterocycles. The van der Waals surface area contributed by atoms with E-state index in [1.807, 2.05) is 0 Å². The Hall–Kier alpha value is -0.160. The van der Waals surface area contributed by atoms with Gasteiger partial charge in [-0.05, 0) is 0 Å². The first-order valence-electron chi connectivity index (χ1n) is 3.17. The Morgan fingerprint density at radius 2 is 2.10 bits per heavy atom. The largest absolute Gasteiger partial charge is 0.394 e. The minimum absolute atomic E-state index is 0.0276. The van der Waals surface area contributed by atoms with E-state index in [0.29, 0.717) is 6.61 Å². The summed E-state index contributed by atoms with van der Waals surface area (Å²) in [5.41, 5.74) is 0. The van der Waals surface area contributed by atoms with Gasteiger partial charge >= 0.3 is 0 Å². The van der Waals surface area contributed by atoms with Crippen molar-refractivity contribution in [3.8, 4) is 0 Å². The van der Waals surface area contributed by atoms with E-state index in [4.69, 9.17) is 19.7 Å². The minimum Gasteiger partial charge on any atom is -0.394 e. The van der Waals surface area contributed by atoms with Crippen molar-refractivity contribution in [3.05, 3.63) is 0 Å². The van der Waals surface area contributed by atoms with E-state index in [1.165, 1.54) is 7.11 Å². The number of methoxy groups -OCH3 is 1.